The molecule has 3 nitrogen and oxygen atoms in total. The van der Waals surface area contributed by atoms with Crippen LogP contribution in [0.15, 0.2) is 24.4 Å². The lowest BCUT2D eigenvalue weighted by Crippen LogP contribution is -2.31. The van der Waals surface area contributed by atoms with Gasteiger partial charge in [0.05, 0.1) is 12.2 Å². The Morgan fingerprint density at radius 1 is 1.67 bits per heavy atom. The number of pyridine rings is 1. The molecule has 0 aliphatic heterocycles. The number of nitrogens with zero attached hydrogens (tertiary/aromatic N) is 2. The van der Waals surface area contributed by atoms with E-state index in [4.69, 9.17) is 18.0 Å². The molecule has 0 saturated heterocycles. The molecule has 1 heterocycles. The SMILES string of the molecule is CN(Cc1ccccn1)C(N)=S. The zero-order chi connectivity index (χ0) is 8.97. The van der Waals surface area contributed by atoms with Crippen LogP contribution in [0, 0.1) is 0 Å². The third-order valence-electron chi connectivity index (χ3n) is 1.50. The van der Waals surface area contributed by atoms with E-state index in [9.17, 15) is 0 Å². The molecule has 0 atom stereocenters. The number of hydrogen-bond acceptors (Lipinski definition) is 2. The van der Waals surface area contributed by atoms with E-state index in [2.05, 4.69) is 4.98 Å². The van der Waals surface area contributed by atoms with Gasteiger partial charge in [-0.2, -0.15) is 0 Å². The summed E-state index contributed by atoms with van der Waals surface area (Å²) in [4.78, 5) is 5.92. The summed E-state index contributed by atoms with van der Waals surface area (Å²) in [5, 5.41) is 0.389. The molecule has 0 unspecified atom stereocenters. The molecule has 0 saturated carbocycles. The first-order valence-electron chi connectivity index (χ1n) is 3.60. The first-order chi connectivity index (χ1) is 5.70. The highest BCUT2D eigenvalue weighted by Crippen LogP contribution is 1.97. The van der Waals surface area contributed by atoms with E-state index >= 15 is 0 Å². The fourth-order valence-corrected chi connectivity index (χ4v) is 0.877. The highest BCUT2D eigenvalue weighted by molar-refractivity contribution is 7.80. The molecule has 0 fully saturated rings. The van der Waals surface area contributed by atoms with Gasteiger partial charge >= 0.3 is 0 Å². The average Bonchev–Trinajstić information content (AvgIpc) is 2.06. The van der Waals surface area contributed by atoms with E-state index in [0.29, 0.717) is 11.7 Å². The summed E-state index contributed by atoms with van der Waals surface area (Å²) >= 11 is 4.79. The van der Waals surface area contributed by atoms with Crippen molar-refractivity contribution in [3.8, 4) is 0 Å². The summed E-state index contributed by atoms with van der Waals surface area (Å²) in [5.41, 5.74) is 6.38. The van der Waals surface area contributed by atoms with Gasteiger partial charge in [0.25, 0.3) is 0 Å². The van der Waals surface area contributed by atoms with Crippen LogP contribution in [0.4, 0.5) is 0 Å². The van der Waals surface area contributed by atoms with Gasteiger partial charge in [0, 0.05) is 13.2 Å². The molecule has 0 radical (unpaired) electrons. The maximum atomic E-state index is 5.41. The second-order valence-electron chi connectivity index (χ2n) is 2.52. The lowest BCUT2D eigenvalue weighted by Gasteiger charge is -2.15. The van der Waals surface area contributed by atoms with Crippen molar-refractivity contribution in [2.45, 2.75) is 6.54 Å². The van der Waals surface area contributed by atoms with Crippen LogP contribution >= 0.6 is 12.2 Å². The summed E-state index contributed by atoms with van der Waals surface area (Å²) in [7, 11) is 1.84. The highest BCUT2D eigenvalue weighted by atomic mass is 32.1. The molecule has 0 amide bonds. The molecular formula is C8H11N3S. The number of thiocarbonyl (C=S) groups is 1. The van der Waals surface area contributed by atoms with Crippen molar-refractivity contribution < 1.29 is 0 Å². The molecule has 64 valence electrons. The number of hydrogen-bond donors (Lipinski definition) is 1. The summed E-state index contributed by atoms with van der Waals surface area (Å²) in [6.45, 7) is 0.663. The van der Waals surface area contributed by atoms with Crippen LogP contribution in [0.1, 0.15) is 5.69 Å². The second-order valence-corrected chi connectivity index (χ2v) is 2.93. The second kappa shape index (κ2) is 4.01. The molecule has 1 aromatic heterocycles. The third-order valence-corrected chi connectivity index (χ3v) is 1.81. The Labute approximate surface area is 77.2 Å². The topological polar surface area (TPSA) is 42.2 Å². The zero-order valence-corrected chi connectivity index (χ0v) is 7.71. The van der Waals surface area contributed by atoms with Crippen molar-refractivity contribution in [3.63, 3.8) is 0 Å². The van der Waals surface area contributed by atoms with E-state index in [1.807, 2.05) is 25.2 Å². The van der Waals surface area contributed by atoms with Gasteiger partial charge in [-0.3, -0.25) is 4.98 Å². The summed E-state index contributed by atoms with van der Waals surface area (Å²) < 4.78 is 0. The van der Waals surface area contributed by atoms with E-state index in [-0.39, 0.29) is 0 Å². The van der Waals surface area contributed by atoms with E-state index in [1.165, 1.54) is 0 Å². The van der Waals surface area contributed by atoms with Gasteiger partial charge < -0.3 is 10.6 Å². The molecule has 1 rings (SSSR count). The molecule has 4 heteroatoms. The van der Waals surface area contributed by atoms with Gasteiger partial charge in [0.15, 0.2) is 5.11 Å². The lowest BCUT2D eigenvalue weighted by atomic mass is 10.3. The molecule has 0 spiro atoms. The Morgan fingerprint density at radius 2 is 2.42 bits per heavy atom. The normalized spacial score (nSPS) is 9.42. The smallest absolute Gasteiger partial charge is 0.166 e. The minimum atomic E-state index is 0.389. The van der Waals surface area contributed by atoms with Crippen molar-refractivity contribution in [2.75, 3.05) is 7.05 Å². The molecule has 0 aliphatic rings. The van der Waals surface area contributed by atoms with Crippen LogP contribution in [0.3, 0.4) is 0 Å². The maximum Gasteiger partial charge on any atom is 0.166 e. The lowest BCUT2D eigenvalue weighted by molar-refractivity contribution is 0.496. The van der Waals surface area contributed by atoms with E-state index < -0.39 is 0 Å². The fraction of sp³-hybridized carbons (Fsp3) is 0.250. The Balaban J connectivity index is 2.58. The number of aromatic nitrogens is 1. The van der Waals surface area contributed by atoms with Crippen LogP contribution in [0.2, 0.25) is 0 Å². The minimum absolute atomic E-state index is 0.389. The van der Waals surface area contributed by atoms with E-state index in [1.54, 1.807) is 11.1 Å². The summed E-state index contributed by atoms with van der Waals surface area (Å²) in [6, 6.07) is 5.76. The Hall–Kier alpha value is -1.16. The predicted molar refractivity (Wildman–Crippen MR) is 52.5 cm³/mol. The Kier molecular flexibility index (Phi) is 2.99. The van der Waals surface area contributed by atoms with Crippen molar-refractivity contribution in [1.82, 2.24) is 9.88 Å². The van der Waals surface area contributed by atoms with Gasteiger partial charge in [-0.15, -0.1) is 0 Å². The zero-order valence-electron chi connectivity index (χ0n) is 6.90. The molecule has 2 N–H and O–H groups in total. The van der Waals surface area contributed by atoms with Gasteiger partial charge in [-0.1, -0.05) is 6.07 Å². The first-order valence-corrected chi connectivity index (χ1v) is 4.01. The molecule has 0 aromatic carbocycles. The summed E-state index contributed by atoms with van der Waals surface area (Å²) in [6.07, 6.45) is 1.75. The molecular weight excluding hydrogens is 170 g/mol. The Bertz CT molecular complexity index is 260. The monoisotopic (exact) mass is 181 g/mol. The van der Waals surface area contributed by atoms with Crippen LogP contribution in [-0.2, 0) is 6.54 Å². The van der Waals surface area contributed by atoms with Gasteiger partial charge in [-0.05, 0) is 24.4 Å². The molecule has 0 aliphatic carbocycles. The Morgan fingerprint density at radius 3 is 2.92 bits per heavy atom. The fourth-order valence-electron chi connectivity index (χ4n) is 0.813. The van der Waals surface area contributed by atoms with Crippen LogP contribution < -0.4 is 5.73 Å². The van der Waals surface area contributed by atoms with Gasteiger partial charge in [-0.25, -0.2) is 0 Å². The van der Waals surface area contributed by atoms with Crippen LogP contribution in [-0.4, -0.2) is 22.0 Å². The molecule has 1 aromatic rings. The van der Waals surface area contributed by atoms with Crippen molar-refractivity contribution >= 4 is 17.3 Å². The third kappa shape index (κ3) is 2.47. The van der Waals surface area contributed by atoms with Crippen molar-refractivity contribution in [3.05, 3.63) is 30.1 Å². The average molecular weight is 181 g/mol. The van der Waals surface area contributed by atoms with Gasteiger partial charge in [0.1, 0.15) is 0 Å². The molecule has 0 bridgehead atoms. The van der Waals surface area contributed by atoms with Crippen LogP contribution in [0.5, 0.6) is 0 Å². The largest absolute Gasteiger partial charge is 0.376 e. The quantitative estimate of drug-likeness (QED) is 0.684. The molecule has 12 heavy (non-hydrogen) atoms. The predicted octanol–water partition coefficient (Wildman–Crippen LogP) is 0.757. The highest BCUT2D eigenvalue weighted by Gasteiger charge is 2.00. The van der Waals surface area contributed by atoms with Crippen molar-refractivity contribution in [2.24, 2.45) is 5.73 Å². The maximum absolute atomic E-state index is 5.41. The standard InChI is InChI=1S/C8H11N3S/c1-11(8(9)12)6-7-4-2-3-5-10-7/h2-5H,6H2,1H3,(H2,9,12). The van der Waals surface area contributed by atoms with E-state index in [0.717, 1.165) is 5.69 Å². The minimum Gasteiger partial charge on any atom is -0.376 e. The van der Waals surface area contributed by atoms with Crippen molar-refractivity contribution in [1.29, 1.82) is 0 Å². The number of nitrogens with two attached hydrogens (primary N) is 1. The van der Waals surface area contributed by atoms with Crippen LogP contribution in [0.25, 0.3) is 0 Å². The first kappa shape index (κ1) is 8.93. The van der Waals surface area contributed by atoms with Gasteiger partial charge in [0.2, 0.25) is 0 Å². The number of rotatable bonds is 2. The summed E-state index contributed by atoms with van der Waals surface area (Å²) in [5.74, 6) is 0.